The van der Waals surface area contributed by atoms with Gasteiger partial charge in [-0.2, -0.15) is 0 Å². The largest absolute Gasteiger partial charge is 0.494 e. The van der Waals surface area contributed by atoms with Gasteiger partial charge in [0, 0.05) is 23.0 Å². The fraction of sp³-hybridized carbons (Fsp3) is 0.120. The number of carbonyl (C=O) groups is 2. The Labute approximate surface area is 176 Å². The highest BCUT2D eigenvalue weighted by Gasteiger charge is 2.08. The Balaban J connectivity index is 1.55. The van der Waals surface area contributed by atoms with Crippen LogP contribution in [0.4, 0.5) is 11.4 Å². The van der Waals surface area contributed by atoms with E-state index in [4.69, 9.17) is 4.74 Å². The molecule has 0 fully saturated rings. The van der Waals surface area contributed by atoms with Crippen molar-refractivity contribution in [2.24, 2.45) is 0 Å². The van der Waals surface area contributed by atoms with Gasteiger partial charge in [0.1, 0.15) is 5.75 Å². The van der Waals surface area contributed by atoms with E-state index in [1.165, 1.54) is 6.08 Å². The summed E-state index contributed by atoms with van der Waals surface area (Å²) < 4.78 is 5.40. The number of hydrogen-bond donors (Lipinski definition) is 2. The number of benzene rings is 3. The Bertz CT molecular complexity index is 1040. The van der Waals surface area contributed by atoms with Crippen molar-refractivity contribution in [3.05, 3.63) is 95.6 Å². The molecule has 0 spiro atoms. The fourth-order valence-corrected chi connectivity index (χ4v) is 2.86. The molecule has 0 aliphatic heterocycles. The number of carbonyl (C=O) groups excluding carboxylic acids is 2. The van der Waals surface area contributed by atoms with Crippen LogP contribution in [0.15, 0.2) is 78.9 Å². The first-order valence-electron chi connectivity index (χ1n) is 9.74. The summed E-state index contributed by atoms with van der Waals surface area (Å²) in [5, 5.41) is 5.67. The van der Waals surface area contributed by atoms with Gasteiger partial charge in [-0.3, -0.25) is 9.59 Å². The number of nitrogens with one attached hydrogen (secondary N) is 2. The van der Waals surface area contributed by atoms with E-state index in [0.717, 1.165) is 16.9 Å². The van der Waals surface area contributed by atoms with Crippen molar-refractivity contribution in [2.75, 3.05) is 17.2 Å². The summed E-state index contributed by atoms with van der Waals surface area (Å²) in [6, 6.07) is 21.9. The third-order valence-corrected chi connectivity index (χ3v) is 4.42. The van der Waals surface area contributed by atoms with Crippen LogP contribution < -0.4 is 15.4 Å². The first-order chi connectivity index (χ1) is 14.5. The summed E-state index contributed by atoms with van der Waals surface area (Å²) >= 11 is 0. The second kappa shape index (κ2) is 10.1. The van der Waals surface area contributed by atoms with E-state index in [2.05, 4.69) is 10.6 Å². The SMILES string of the molecule is CCOc1ccc(/C=C/C(=O)Nc2ccc(NC(=O)c3ccccc3C)cc2)cc1. The number of hydrogen-bond acceptors (Lipinski definition) is 3. The summed E-state index contributed by atoms with van der Waals surface area (Å²) in [7, 11) is 0. The van der Waals surface area contributed by atoms with Crippen molar-refractivity contribution in [2.45, 2.75) is 13.8 Å². The molecule has 0 radical (unpaired) electrons. The van der Waals surface area contributed by atoms with E-state index in [-0.39, 0.29) is 11.8 Å². The minimum atomic E-state index is -0.236. The predicted molar refractivity (Wildman–Crippen MR) is 121 cm³/mol. The minimum absolute atomic E-state index is 0.164. The molecule has 2 N–H and O–H groups in total. The van der Waals surface area contributed by atoms with Crippen LogP contribution in [0.3, 0.4) is 0 Å². The number of ether oxygens (including phenoxy) is 1. The molecule has 0 heterocycles. The molecule has 5 nitrogen and oxygen atoms in total. The maximum atomic E-state index is 12.4. The molecule has 0 aromatic heterocycles. The summed E-state index contributed by atoms with van der Waals surface area (Å²) in [6.07, 6.45) is 3.21. The van der Waals surface area contributed by atoms with E-state index < -0.39 is 0 Å². The van der Waals surface area contributed by atoms with E-state index in [0.29, 0.717) is 23.5 Å². The minimum Gasteiger partial charge on any atom is -0.494 e. The van der Waals surface area contributed by atoms with Crippen LogP contribution in [0.25, 0.3) is 6.08 Å². The number of rotatable bonds is 7. The van der Waals surface area contributed by atoms with Crippen molar-refractivity contribution < 1.29 is 14.3 Å². The Morgan fingerprint density at radius 3 is 2.13 bits per heavy atom. The molecule has 0 bridgehead atoms. The molecule has 5 heteroatoms. The lowest BCUT2D eigenvalue weighted by molar-refractivity contribution is -0.111. The molecule has 0 aliphatic rings. The molecule has 0 saturated heterocycles. The van der Waals surface area contributed by atoms with E-state index >= 15 is 0 Å². The topological polar surface area (TPSA) is 67.4 Å². The molecule has 0 saturated carbocycles. The van der Waals surface area contributed by atoms with Crippen molar-refractivity contribution in [1.29, 1.82) is 0 Å². The summed E-state index contributed by atoms with van der Waals surface area (Å²) in [5.41, 5.74) is 3.76. The lowest BCUT2D eigenvalue weighted by Gasteiger charge is -2.08. The van der Waals surface area contributed by atoms with Crippen LogP contribution >= 0.6 is 0 Å². The first kappa shape index (κ1) is 20.9. The van der Waals surface area contributed by atoms with Gasteiger partial charge in [0.2, 0.25) is 5.91 Å². The highest BCUT2D eigenvalue weighted by Crippen LogP contribution is 2.17. The predicted octanol–water partition coefficient (Wildman–Crippen LogP) is 5.30. The molecule has 0 atom stereocenters. The van der Waals surface area contributed by atoms with Crippen LogP contribution in [-0.4, -0.2) is 18.4 Å². The average Bonchev–Trinajstić information content (AvgIpc) is 2.75. The smallest absolute Gasteiger partial charge is 0.255 e. The average molecular weight is 400 g/mol. The fourth-order valence-electron chi connectivity index (χ4n) is 2.86. The second-order valence-corrected chi connectivity index (χ2v) is 6.67. The lowest BCUT2D eigenvalue weighted by atomic mass is 10.1. The molecule has 0 aliphatic carbocycles. The number of anilines is 2. The van der Waals surface area contributed by atoms with Crippen LogP contribution in [0.1, 0.15) is 28.4 Å². The number of amides is 2. The zero-order chi connectivity index (χ0) is 21.3. The van der Waals surface area contributed by atoms with Crippen LogP contribution in [0, 0.1) is 6.92 Å². The van der Waals surface area contributed by atoms with Crippen molar-refractivity contribution in [1.82, 2.24) is 0 Å². The van der Waals surface area contributed by atoms with Gasteiger partial charge in [0.15, 0.2) is 0 Å². The van der Waals surface area contributed by atoms with Gasteiger partial charge in [-0.05, 0) is 73.5 Å². The highest BCUT2D eigenvalue weighted by molar-refractivity contribution is 6.05. The highest BCUT2D eigenvalue weighted by atomic mass is 16.5. The quantitative estimate of drug-likeness (QED) is 0.529. The lowest BCUT2D eigenvalue weighted by Crippen LogP contribution is -2.13. The van der Waals surface area contributed by atoms with Gasteiger partial charge < -0.3 is 15.4 Å². The van der Waals surface area contributed by atoms with Gasteiger partial charge in [-0.15, -0.1) is 0 Å². The molecule has 152 valence electrons. The monoisotopic (exact) mass is 400 g/mol. The van der Waals surface area contributed by atoms with Crippen LogP contribution in [-0.2, 0) is 4.79 Å². The van der Waals surface area contributed by atoms with Crippen molar-refractivity contribution >= 4 is 29.3 Å². The molecule has 3 rings (SSSR count). The summed E-state index contributed by atoms with van der Waals surface area (Å²) in [6.45, 7) is 4.45. The van der Waals surface area contributed by atoms with E-state index in [9.17, 15) is 9.59 Å². The second-order valence-electron chi connectivity index (χ2n) is 6.67. The molecule has 3 aromatic carbocycles. The van der Waals surface area contributed by atoms with Gasteiger partial charge in [-0.1, -0.05) is 30.3 Å². The molecular formula is C25H24N2O3. The zero-order valence-corrected chi connectivity index (χ0v) is 17.0. The van der Waals surface area contributed by atoms with Gasteiger partial charge >= 0.3 is 0 Å². The van der Waals surface area contributed by atoms with Crippen molar-refractivity contribution in [3.63, 3.8) is 0 Å². The third kappa shape index (κ3) is 5.82. The number of aryl methyl sites for hydroxylation is 1. The Morgan fingerprint density at radius 1 is 0.867 bits per heavy atom. The Kier molecular flexibility index (Phi) is 7.00. The summed E-state index contributed by atoms with van der Waals surface area (Å²) in [5.74, 6) is 0.400. The van der Waals surface area contributed by atoms with Gasteiger partial charge in [0.05, 0.1) is 6.61 Å². The van der Waals surface area contributed by atoms with Gasteiger partial charge in [0.25, 0.3) is 5.91 Å². The van der Waals surface area contributed by atoms with Crippen molar-refractivity contribution in [3.8, 4) is 5.75 Å². The Morgan fingerprint density at radius 2 is 1.50 bits per heavy atom. The molecule has 0 unspecified atom stereocenters. The van der Waals surface area contributed by atoms with E-state index in [1.54, 1.807) is 36.4 Å². The molecular weight excluding hydrogens is 376 g/mol. The maximum Gasteiger partial charge on any atom is 0.255 e. The summed E-state index contributed by atoms with van der Waals surface area (Å²) in [4.78, 5) is 24.5. The normalized spacial score (nSPS) is 10.6. The third-order valence-electron chi connectivity index (χ3n) is 4.42. The first-order valence-corrected chi connectivity index (χ1v) is 9.74. The molecule has 30 heavy (non-hydrogen) atoms. The van der Waals surface area contributed by atoms with Crippen LogP contribution in [0.2, 0.25) is 0 Å². The maximum absolute atomic E-state index is 12.4. The zero-order valence-electron chi connectivity index (χ0n) is 17.0. The molecule has 3 aromatic rings. The van der Waals surface area contributed by atoms with E-state index in [1.807, 2.05) is 56.3 Å². The van der Waals surface area contributed by atoms with Crippen LogP contribution in [0.5, 0.6) is 5.75 Å². The Hall–Kier alpha value is -3.86. The van der Waals surface area contributed by atoms with Gasteiger partial charge in [-0.25, -0.2) is 0 Å². The standard InChI is InChI=1S/C25H24N2O3/c1-3-30-22-15-8-19(9-16-22)10-17-24(28)26-20-11-13-21(14-12-20)27-25(29)23-7-5-4-6-18(23)2/h4-17H,3H2,1-2H3,(H,26,28)(H,27,29)/b17-10+. The molecule has 2 amide bonds.